The minimum absolute atomic E-state index is 0.0875. The average Bonchev–Trinajstić information content (AvgIpc) is 2.30. The molecule has 1 aromatic carbocycles. The van der Waals surface area contributed by atoms with E-state index in [1.54, 1.807) is 6.92 Å². The molecule has 104 valence electrons. The van der Waals surface area contributed by atoms with Gasteiger partial charge in [0, 0.05) is 11.2 Å². The predicted octanol–water partition coefficient (Wildman–Crippen LogP) is 1.95. The standard InChI is InChI=1S/C14H21N3O2/c1-9-13(18)16-11-8-10(4-5-12(11)19-9)17-14(2,3)6-7-15/h4-5,8-9,17H,6-7,15H2,1-3H3,(H,16,18). The summed E-state index contributed by atoms with van der Waals surface area (Å²) in [5.41, 5.74) is 7.15. The van der Waals surface area contributed by atoms with E-state index in [0.29, 0.717) is 18.0 Å². The van der Waals surface area contributed by atoms with Gasteiger partial charge in [0.25, 0.3) is 5.91 Å². The number of anilines is 2. The van der Waals surface area contributed by atoms with Gasteiger partial charge < -0.3 is 21.1 Å². The van der Waals surface area contributed by atoms with Crippen molar-refractivity contribution in [1.29, 1.82) is 0 Å². The molecule has 0 spiro atoms. The summed E-state index contributed by atoms with van der Waals surface area (Å²) in [4.78, 5) is 11.6. The topological polar surface area (TPSA) is 76.4 Å². The molecule has 1 unspecified atom stereocenters. The molecular weight excluding hydrogens is 242 g/mol. The first-order chi connectivity index (χ1) is 8.91. The lowest BCUT2D eigenvalue weighted by Crippen LogP contribution is -2.35. The Bertz CT molecular complexity index is 486. The van der Waals surface area contributed by atoms with E-state index >= 15 is 0 Å². The summed E-state index contributed by atoms with van der Waals surface area (Å²) in [6.45, 7) is 6.55. The maximum atomic E-state index is 11.6. The molecule has 0 saturated carbocycles. The van der Waals surface area contributed by atoms with E-state index in [2.05, 4.69) is 24.5 Å². The lowest BCUT2D eigenvalue weighted by Gasteiger charge is -2.29. The molecular formula is C14H21N3O2. The van der Waals surface area contributed by atoms with Crippen molar-refractivity contribution in [2.45, 2.75) is 38.8 Å². The van der Waals surface area contributed by atoms with Gasteiger partial charge in [-0.05, 0) is 51.9 Å². The second-order valence-corrected chi connectivity index (χ2v) is 5.51. The van der Waals surface area contributed by atoms with Gasteiger partial charge in [0.15, 0.2) is 6.10 Å². The van der Waals surface area contributed by atoms with Crippen molar-refractivity contribution < 1.29 is 9.53 Å². The van der Waals surface area contributed by atoms with E-state index in [1.807, 2.05) is 18.2 Å². The van der Waals surface area contributed by atoms with E-state index in [0.717, 1.165) is 12.1 Å². The Balaban J connectivity index is 2.18. The number of carbonyl (C=O) groups is 1. The number of fused-ring (bicyclic) bond motifs is 1. The zero-order chi connectivity index (χ0) is 14.0. The van der Waals surface area contributed by atoms with Crippen LogP contribution in [-0.2, 0) is 4.79 Å². The summed E-state index contributed by atoms with van der Waals surface area (Å²) >= 11 is 0. The van der Waals surface area contributed by atoms with Crippen LogP contribution in [0.4, 0.5) is 11.4 Å². The SMILES string of the molecule is CC1Oc2ccc(NC(C)(C)CCN)cc2NC1=O. The molecule has 1 aromatic rings. The van der Waals surface area contributed by atoms with Gasteiger partial charge >= 0.3 is 0 Å². The molecule has 19 heavy (non-hydrogen) atoms. The second kappa shape index (κ2) is 5.09. The number of hydrogen-bond acceptors (Lipinski definition) is 4. The van der Waals surface area contributed by atoms with Crippen LogP contribution in [0.15, 0.2) is 18.2 Å². The van der Waals surface area contributed by atoms with Crippen LogP contribution in [0.25, 0.3) is 0 Å². The van der Waals surface area contributed by atoms with Crippen molar-refractivity contribution in [2.24, 2.45) is 5.73 Å². The molecule has 0 fully saturated rings. The van der Waals surface area contributed by atoms with Gasteiger partial charge in [0.2, 0.25) is 0 Å². The van der Waals surface area contributed by atoms with Crippen molar-refractivity contribution in [3.05, 3.63) is 18.2 Å². The van der Waals surface area contributed by atoms with Crippen LogP contribution in [0.3, 0.4) is 0 Å². The fourth-order valence-electron chi connectivity index (χ4n) is 2.10. The Morgan fingerprint density at radius 1 is 1.47 bits per heavy atom. The molecule has 2 rings (SSSR count). The largest absolute Gasteiger partial charge is 0.479 e. The zero-order valence-corrected chi connectivity index (χ0v) is 11.6. The van der Waals surface area contributed by atoms with Gasteiger partial charge in [0.05, 0.1) is 5.69 Å². The van der Waals surface area contributed by atoms with Crippen LogP contribution in [0.5, 0.6) is 5.75 Å². The summed E-state index contributed by atoms with van der Waals surface area (Å²) in [6.07, 6.45) is 0.421. The lowest BCUT2D eigenvalue weighted by atomic mass is 10.00. The second-order valence-electron chi connectivity index (χ2n) is 5.51. The monoisotopic (exact) mass is 263 g/mol. The van der Waals surface area contributed by atoms with Crippen molar-refractivity contribution in [2.75, 3.05) is 17.2 Å². The first kappa shape index (κ1) is 13.7. The van der Waals surface area contributed by atoms with Crippen molar-refractivity contribution >= 4 is 17.3 Å². The third-order valence-corrected chi connectivity index (χ3v) is 3.16. The van der Waals surface area contributed by atoms with Gasteiger partial charge in [-0.15, -0.1) is 0 Å². The molecule has 0 saturated heterocycles. The third kappa shape index (κ3) is 3.17. The molecule has 1 atom stereocenters. The number of nitrogens with one attached hydrogen (secondary N) is 2. The van der Waals surface area contributed by atoms with Crippen molar-refractivity contribution in [3.63, 3.8) is 0 Å². The average molecular weight is 263 g/mol. The van der Waals surface area contributed by atoms with Gasteiger partial charge in [-0.25, -0.2) is 0 Å². The highest BCUT2D eigenvalue weighted by atomic mass is 16.5. The van der Waals surface area contributed by atoms with Gasteiger partial charge in [0.1, 0.15) is 5.75 Å². The highest BCUT2D eigenvalue weighted by Gasteiger charge is 2.24. The number of amides is 1. The van der Waals surface area contributed by atoms with E-state index in [4.69, 9.17) is 10.5 Å². The number of ether oxygens (including phenoxy) is 1. The van der Waals surface area contributed by atoms with Crippen LogP contribution in [-0.4, -0.2) is 24.1 Å². The number of carbonyl (C=O) groups excluding carboxylic acids is 1. The lowest BCUT2D eigenvalue weighted by molar-refractivity contribution is -0.122. The molecule has 0 bridgehead atoms. The summed E-state index contributed by atoms with van der Waals surface area (Å²) in [7, 11) is 0. The van der Waals surface area contributed by atoms with Gasteiger partial charge in [-0.2, -0.15) is 0 Å². The van der Waals surface area contributed by atoms with Crippen LogP contribution in [0.1, 0.15) is 27.2 Å². The minimum Gasteiger partial charge on any atom is -0.479 e. The molecule has 1 amide bonds. The molecule has 5 nitrogen and oxygen atoms in total. The number of rotatable bonds is 4. The Labute approximate surface area is 113 Å². The molecule has 1 heterocycles. The Kier molecular flexibility index (Phi) is 3.66. The van der Waals surface area contributed by atoms with Crippen LogP contribution in [0, 0.1) is 0 Å². The third-order valence-electron chi connectivity index (χ3n) is 3.16. The molecule has 0 aliphatic carbocycles. The van der Waals surface area contributed by atoms with Crippen LogP contribution >= 0.6 is 0 Å². The number of benzene rings is 1. The van der Waals surface area contributed by atoms with E-state index in [9.17, 15) is 4.79 Å². The first-order valence-electron chi connectivity index (χ1n) is 6.51. The molecule has 0 radical (unpaired) electrons. The zero-order valence-electron chi connectivity index (χ0n) is 11.6. The van der Waals surface area contributed by atoms with Gasteiger partial charge in [-0.1, -0.05) is 0 Å². The summed E-state index contributed by atoms with van der Waals surface area (Å²) in [5.74, 6) is 0.583. The summed E-state index contributed by atoms with van der Waals surface area (Å²) < 4.78 is 5.52. The van der Waals surface area contributed by atoms with Crippen molar-refractivity contribution in [3.8, 4) is 5.75 Å². The minimum atomic E-state index is -0.444. The maximum absolute atomic E-state index is 11.6. The fourth-order valence-corrected chi connectivity index (χ4v) is 2.10. The van der Waals surface area contributed by atoms with E-state index in [1.165, 1.54) is 0 Å². The number of hydrogen-bond donors (Lipinski definition) is 3. The van der Waals surface area contributed by atoms with E-state index < -0.39 is 6.10 Å². The molecule has 1 aliphatic heterocycles. The van der Waals surface area contributed by atoms with Crippen molar-refractivity contribution in [1.82, 2.24) is 0 Å². The van der Waals surface area contributed by atoms with Crippen LogP contribution < -0.4 is 21.1 Å². The normalized spacial score (nSPS) is 18.3. The fraction of sp³-hybridized carbons (Fsp3) is 0.500. The number of nitrogens with two attached hydrogens (primary N) is 1. The predicted molar refractivity (Wildman–Crippen MR) is 76.5 cm³/mol. The maximum Gasteiger partial charge on any atom is 0.265 e. The molecule has 5 heteroatoms. The first-order valence-corrected chi connectivity index (χ1v) is 6.51. The molecule has 0 aromatic heterocycles. The Hall–Kier alpha value is -1.75. The Morgan fingerprint density at radius 2 is 2.21 bits per heavy atom. The summed E-state index contributed by atoms with van der Waals surface area (Å²) in [5, 5.41) is 6.25. The van der Waals surface area contributed by atoms with E-state index in [-0.39, 0.29) is 11.4 Å². The highest BCUT2D eigenvalue weighted by Crippen LogP contribution is 2.33. The smallest absolute Gasteiger partial charge is 0.265 e. The summed E-state index contributed by atoms with van der Waals surface area (Å²) in [6, 6.07) is 5.70. The quantitative estimate of drug-likeness (QED) is 0.776. The molecule has 4 N–H and O–H groups in total. The van der Waals surface area contributed by atoms with Gasteiger partial charge in [-0.3, -0.25) is 4.79 Å². The van der Waals surface area contributed by atoms with Crippen LogP contribution in [0.2, 0.25) is 0 Å². The highest BCUT2D eigenvalue weighted by molar-refractivity contribution is 5.98. The Morgan fingerprint density at radius 3 is 2.89 bits per heavy atom. The molecule has 1 aliphatic rings.